The van der Waals surface area contributed by atoms with Crippen molar-refractivity contribution < 1.29 is 9.53 Å². The van der Waals surface area contributed by atoms with Crippen molar-refractivity contribution in [2.24, 2.45) is 0 Å². The van der Waals surface area contributed by atoms with Gasteiger partial charge in [-0.1, -0.05) is 42.5 Å². The summed E-state index contributed by atoms with van der Waals surface area (Å²) in [7, 11) is 0. The second kappa shape index (κ2) is 8.72. The minimum atomic E-state index is -0.511. The largest absolute Gasteiger partial charge is 0.444 e. The highest BCUT2D eigenvalue weighted by atomic mass is 16.6. The number of fused-ring (bicyclic) bond motifs is 1. The standard InChI is InChI=1S/C26H27N3O2/c1-26(2,3)31-25(30)28-17-18-11-13-20(14-12-18)23-22(19-8-5-4-6-9-19)16-21-10-7-15-27-24(21)29-23/h4-5,7-8,10-16H,6,9,17H2,1-3H3,(H,28,30). The number of rotatable bonds is 4. The topological polar surface area (TPSA) is 64.1 Å². The van der Waals surface area contributed by atoms with Gasteiger partial charge in [0.25, 0.3) is 0 Å². The lowest BCUT2D eigenvalue weighted by molar-refractivity contribution is 0.0523. The summed E-state index contributed by atoms with van der Waals surface area (Å²) in [5, 5.41) is 3.84. The van der Waals surface area contributed by atoms with Gasteiger partial charge in [0.1, 0.15) is 5.60 Å². The van der Waals surface area contributed by atoms with E-state index in [0.29, 0.717) is 6.54 Å². The normalized spacial score (nSPS) is 13.7. The van der Waals surface area contributed by atoms with Crippen molar-refractivity contribution in [2.45, 2.75) is 45.8 Å². The number of hydrogen-bond donors (Lipinski definition) is 1. The van der Waals surface area contributed by atoms with Crippen LogP contribution >= 0.6 is 0 Å². The molecule has 0 bridgehead atoms. The molecule has 1 N–H and O–H groups in total. The van der Waals surface area contributed by atoms with E-state index in [4.69, 9.17) is 9.72 Å². The first-order chi connectivity index (χ1) is 14.9. The summed E-state index contributed by atoms with van der Waals surface area (Å²) in [6.07, 6.45) is 9.85. The number of alkyl carbamates (subject to hydrolysis) is 1. The van der Waals surface area contributed by atoms with Crippen LogP contribution in [0.15, 0.2) is 66.9 Å². The van der Waals surface area contributed by atoms with Gasteiger partial charge in [0, 0.05) is 29.3 Å². The molecule has 0 unspecified atom stereocenters. The van der Waals surface area contributed by atoms with Crippen molar-refractivity contribution >= 4 is 22.7 Å². The van der Waals surface area contributed by atoms with Crippen molar-refractivity contribution in [2.75, 3.05) is 0 Å². The van der Waals surface area contributed by atoms with E-state index >= 15 is 0 Å². The molecule has 5 nitrogen and oxygen atoms in total. The number of amides is 1. The predicted octanol–water partition coefficient (Wildman–Crippen LogP) is 6.05. The molecule has 31 heavy (non-hydrogen) atoms. The highest BCUT2D eigenvalue weighted by Crippen LogP contribution is 2.33. The molecule has 4 rings (SSSR count). The third kappa shape index (κ3) is 5.18. The van der Waals surface area contributed by atoms with Gasteiger partial charge < -0.3 is 10.1 Å². The number of hydrogen-bond acceptors (Lipinski definition) is 4. The first kappa shape index (κ1) is 20.8. The molecular formula is C26H27N3O2. The van der Waals surface area contributed by atoms with Crippen LogP contribution in [0, 0.1) is 0 Å². The average Bonchev–Trinajstić information content (AvgIpc) is 2.77. The summed E-state index contributed by atoms with van der Waals surface area (Å²) < 4.78 is 5.30. The monoisotopic (exact) mass is 413 g/mol. The number of nitrogens with one attached hydrogen (secondary N) is 1. The number of carbonyl (C=O) groups excluding carboxylic acids is 1. The molecule has 5 heteroatoms. The molecule has 1 amide bonds. The Morgan fingerprint density at radius 2 is 1.97 bits per heavy atom. The van der Waals surface area contributed by atoms with E-state index in [-0.39, 0.29) is 0 Å². The Kier molecular flexibility index (Phi) is 5.85. The number of carbonyl (C=O) groups is 1. The zero-order valence-electron chi connectivity index (χ0n) is 18.2. The Morgan fingerprint density at radius 1 is 1.16 bits per heavy atom. The van der Waals surface area contributed by atoms with Crippen LogP contribution in [-0.4, -0.2) is 21.7 Å². The molecule has 0 saturated heterocycles. The van der Waals surface area contributed by atoms with Gasteiger partial charge in [0.15, 0.2) is 5.65 Å². The van der Waals surface area contributed by atoms with Crippen molar-refractivity contribution in [1.82, 2.24) is 15.3 Å². The summed E-state index contributed by atoms with van der Waals surface area (Å²) in [6.45, 7) is 5.95. The Hall–Kier alpha value is -3.47. The van der Waals surface area contributed by atoms with E-state index in [1.54, 1.807) is 6.20 Å². The quantitative estimate of drug-likeness (QED) is 0.565. The summed E-state index contributed by atoms with van der Waals surface area (Å²) in [5.41, 5.74) is 5.61. The lowest BCUT2D eigenvalue weighted by Crippen LogP contribution is -2.32. The SMILES string of the molecule is CC(C)(C)OC(=O)NCc1ccc(-c2nc3ncccc3cc2C2=CC=CCC2)cc1. The van der Waals surface area contributed by atoms with E-state index in [9.17, 15) is 4.79 Å². The van der Waals surface area contributed by atoms with Gasteiger partial charge in [-0.05, 0) is 62.9 Å². The zero-order valence-corrected chi connectivity index (χ0v) is 18.2. The second-order valence-corrected chi connectivity index (χ2v) is 8.65. The minimum Gasteiger partial charge on any atom is -0.444 e. The molecule has 2 aromatic heterocycles. The van der Waals surface area contributed by atoms with Crippen LogP contribution < -0.4 is 5.32 Å². The van der Waals surface area contributed by atoms with Gasteiger partial charge in [-0.2, -0.15) is 0 Å². The van der Waals surface area contributed by atoms with Crippen molar-refractivity contribution in [3.8, 4) is 11.3 Å². The van der Waals surface area contributed by atoms with Crippen LogP contribution in [0.1, 0.15) is 44.7 Å². The van der Waals surface area contributed by atoms with Crippen molar-refractivity contribution in [3.63, 3.8) is 0 Å². The van der Waals surface area contributed by atoms with Crippen LogP contribution in [-0.2, 0) is 11.3 Å². The van der Waals surface area contributed by atoms with Gasteiger partial charge in [-0.3, -0.25) is 0 Å². The van der Waals surface area contributed by atoms with Gasteiger partial charge in [-0.25, -0.2) is 14.8 Å². The van der Waals surface area contributed by atoms with E-state index in [0.717, 1.165) is 46.3 Å². The van der Waals surface area contributed by atoms with Crippen LogP contribution in [0.5, 0.6) is 0 Å². The summed E-state index contributed by atoms with van der Waals surface area (Å²) in [6, 6.07) is 14.3. The molecule has 158 valence electrons. The van der Waals surface area contributed by atoms with Gasteiger partial charge in [0.05, 0.1) is 5.69 Å². The highest BCUT2D eigenvalue weighted by Gasteiger charge is 2.16. The number of allylic oxidation sites excluding steroid dienone is 4. The summed E-state index contributed by atoms with van der Waals surface area (Å²) in [5.74, 6) is 0. The number of benzene rings is 1. The van der Waals surface area contributed by atoms with Crippen LogP contribution in [0.4, 0.5) is 4.79 Å². The number of ether oxygens (including phenoxy) is 1. The lowest BCUT2D eigenvalue weighted by atomic mass is 9.92. The van der Waals surface area contributed by atoms with E-state index in [1.165, 1.54) is 5.57 Å². The fraction of sp³-hybridized carbons (Fsp3) is 0.269. The number of pyridine rings is 2. The molecule has 0 atom stereocenters. The van der Waals surface area contributed by atoms with Crippen LogP contribution in [0.3, 0.4) is 0 Å². The Morgan fingerprint density at radius 3 is 2.68 bits per heavy atom. The first-order valence-electron chi connectivity index (χ1n) is 10.6. The third-order valence-corrected chi connectivity index (χ3v) is 5.01. The van der Waals surface area contributed by atoms with Crippen LogP contribution in [0.25, 0.3) is 27.9 Å². The fourth-order valence-corrected chi connectivity index (χ4v) is 3.57. The molecule has 0 spiro atoms. The van der Waals surface area contributed by atoms with Gasteiger partial charge in [-0.15, -0.1) is 0 Å². The summed E-state index contributed by atoms with van der Waals surface area (Å²) in [4.78, 5) is 21.2. The third-order valence-electron chi connectivity index (χ3n) is 5.01. The lowest BCUT2D eigenvalue weighted by Gasteiger charge is -2.19. The minimum absolute atomic E-state index is 0.407. The molecule has 1 aliphatic carbocycles. The Balaban J connectivity index is 1.61. The number of aromatic nitrogens is 2. The summed E-state index contributed by atoms with van der Waals surface area (Å²) >= 11 is 0. The van der Waals surface area contributed by atoms with Crippen molar-refractivity contribution in [3.05, 3.63) is 78.0 Å². The smallest absolute Gasteiger partial charge is 0.407 e. The second-order valence-electron chi connectivity index (χ2n) is 8.65. The van der Waals surface area contributed by atoms with Gasteiger partial charge >= 0.3 is 6.09 Å². The maximum Gasteiger partial charge on any atom is 0.407 e. The first-order valence-corrected chi connectivity index (χ1v) is 10.6. The Bertz CT molecular complexity index is 1160. The molecule has 3 aromatic rings. The Labute approximate surface area is 182 Å². The van der Waals surface area contributed by atoms with Gasteiger partial charge in [0.2, 0.25) is 0 Å². The average molecular weight is 414 g/mol. The molecule has 1 aliphatic rings. The van der Waals surface area contributed by atoms with E-state index < -0.39 is 11.7 Å². The molecule has 1 aromatic carbocycles. The molecule has 0 aliphatic heterocycles. The predicted molar refractivity (Wildman–Crippen MR) is 124 cm³/mol. The van der Waals surface area contributed by atoms with E-state index in [2.05, 4.69) is 34.6 Å². The molecular weight excluding hydrogens is 386 g/mol. The fourth-order valence-electron chi connectivity index (χ4n) is 3.57. The highest BCUT2D eigenvalue weighted by molar-refractivity contribution is 5.88. The molecule has 2 heterocycles. The maximum absolute atomic E-state index is 11.9. The maximum atomic E-state index is 11.9. The zero-order chi connectivity index (χ0) is 21.8. The molecule has 0 fully saturated rings. The number of nitrogens with zero attached hydrogens (tertiary/aromatic N) is 2. The molecule has 0 saturated carbocycles. The van der Waals surface area contributed by atoms with Crippen molar-refractivity contribution in [1.29, 1.82) is 0 Å². The molecule has 0 radical (unpaired) electrons. The van der Waals surface area contributed by atoms with E-state index in [1.807, 2.05) is 57.2 Å². The van der Waals surface area contributed by atoms with Crippen LogP contribution in [0.2, 0.25) is 0 Å².